The third kappa shape index (κ3) is 3.48. The van der Waals surface area contributed by atoms with E-state index in [0.717, 1.165) is 18.5 Å². The van der Waals surface area contributed by atoms with Gasteiger partial charge in [0.05, 0.1) is 0 Å². The van der Waals surface area contributed by atoms with Gasteiger partial charge in [0, 0.05) is 44.0 Å². The van der Waals surface area contributed by atoms with Crippen LogP contribution in [-0.2, 0) is 13.5 Å². The van der Waals surface area contributed by atoms with Gasteiger partial charge in [-0.05, 0) is 30.7 Å². The third-order valence-electron chi connectivity index (χ3n) is 3.18. The van der Waals surface area contributed by atoms with Crippen molar-refractivity contribution in [3.8, 4) is 11.5 Å². The van der Waals surface area contributed by atoms with E-state index in [1.165, 1.54) is 11.8 Å². The van der Waals surface area contributed by atoms with Gasteiger partial charge >= 0.3 is 0 Å². The Balaban J connectivity index is 1.90. The van der Waals surface area contributed by atoms with Crippen LogP contribution in [0.1, 0.15) is 24.2 Å². The van der Waals surface area contributed by atoms with E-state index in [4.69, 9.17) is 0 Å². The number of nitrogens with one attached hydrogen (secondary N) is 1. The quantitative estimate of drug-likeness (QED) is 0.766. The molecule has 3 N–H and O–H groups in total. The second-order valence-electron chi connectivity index (χ2n) is 4.65. The maximum atomic E-state index is 9.46. The third-order valence-corrected chi connectivity index (χ3v) is 3.18. The molecule has 1 unspecified atom stereocenters. The van der Waals surface area contributed by atoms with Gasteiger partial charge in [-0.15, -0.1) is 0 Å². The average molecular weight is 261 g/mol. The number of hydrogen-bond donors (Lipinski definition) is 3. The lowest BCUT2D eigenvalue weighted by molar-refractivity contribution is 0.446. The van der Waals surface area contributed by atoms with E-state index < -0.39 is 0 Å². The maximum absolute atomic E-state index is 9.46. The van der Waals surface area contributed by atoms with Gasteiger partial charge in [0.2, 0.25) is 0 Å². The summed E-state index contributed by atoms with van der Waals surface area (Å²) in [6.07, 6.45) is 2.66. The lowest BCUT2D eigenvalue weighted by Crippen LogP contribution is -2.22. The summed E-state index contributed by atoms with van der Waals surface area (Å²) in [6.45, 7) is 2.80. The van der Waals surface area contributed by atoms with Crippen LogP contribution in [0.4, 0.5) is 0 Å². The van der Waals surface area contributed by atoms with Crippen LogP contribution in [-0.4, -0.2) is 26.5 Å². The summed E-state index contributed by atoms with van der Waals surface area (Å²) in [5.74, 6) is 0.158. The molecular weight excluding hydrogens is 242 g/mol. The molecule has 5 heteroatoms. The molecule has 1 aromatic carbocycles. The first-order chi connectivity index (χ1) is 9.06. The van der Waals surface area contributed by atoms with Gasteiger partial charge in [-0.1, -0.05) is 0 Å². The molecule has 19 heavy (non-hydrogen) atoms. The van der Waals surface area contributed by atoms with Gasteiger partial charge in [-0.2, -0.15) is 5.10 Å². The minimum Gasteiger partial charge on any atom is -0.508 e. The first-order valence-corrected chi connectivity index (χ1v) is 6.29. The van der Waals surface area contributed by atoms with Crippen LogP contribution in [0.15, 0.2) is 30.5 Å². The Bertz CT molecular complexity index is 531. The average Bonchev–Trinajstić information content (AvgIpc) is 2.74. The summed E-state index contributed by atoms with van der Waals surface area (Å²) in [5, 5.41) is 26.4. The number of hydrogen-bond acceptors (Lipinski definition) is 4. The van der Waals surface area contributed by atoms with Crippen LogP contribution in [0, 0.1) is 0 Å². The number of phenolic OH excluding ortho intramolecular Hbond substituents is 2. The van der Waals surface area contributed by atoms with E-state index in [2.05, 4.69) is 10.4 Å². The Hall–Kier alpha value is -2.01. The van der Waals surface area contributed by atoms with Gasteiger partial charge in [0.25, 0.3) is 0 Å². The molecule has 0 aliphatic rings. The summed E-state index contributed by atoms with van der Waals surface area (Å²) in [4.78, 5) is 0. The molecule has 0 radical (unpaired) electrons. The van der Waals surface area contributed by atoms with Crippen LogP contribution < -0.4 is 5.32 Å². The SMILES string of the molecule is CC(NCCc1ccnn1C)c1cc(O)cc(O)c1. The minimum absolute atomic E-state index is 0.0613. The number of phenols is 2. The second kappa shape index (κ2) is 5.75. The number of rotatable bonds is 5. The molecule has 1 atom stereocenters. The van der Waals surface area contributed by atoms with Crippen LogP contribution in [0.5, 0.6) is 11.5 Å². The summed E-state index contributed by atoms with van der Waals surface area (Å²) in [6, 6.07) is 6.69. The molecular formula is C14H19N3O2. The normalized spacial score (nSPS) is 12.5. The van der Waals surface area contributed by atoms with Gasteiger partial charge in [-0.25, -0.2) is 0 Å². The fourth-order valence-electron chi connectivity index (χ4n) is 2.05. The molecule has 2 rings (SSSR count). The van der Waals surface area contributed by atoms with E-state index in [0.29, 0.717) is 0 Å². The lowest BCUT2D eigenvalue weighted by atomic mass is 10.1. The summed E-state index contributed by atoms with van der Waals surface area (Å²) in [5.41, 5.74) is 2.03. The predicted octanol–water partition coefficient (Wildman–Crippen LogP) is 1.72. The van der Waals surface area contributed by atoms with Crippen molar-refractivity contribution in [2.75, 3.05) is 6.54 Å². The molecule has 5 nitrogen and oxygen atoms in total. The van der Waals surface area contributed by atoms with Crippen molar-refractivity contribution in [2.24, 2.45) is 7.05 Å². The zero-order chi connectivity index (χ0) is 13.8. The highest BCUT2D eigenvalue weighted by Crippen LogP contribution is 2.24. The predicted molar refractivity (Wildman–Crippen MR) is 73.1 cm³/mol. The molecule has 0 spiro atoms. The molecule has 0 fully saturated rings. The Labute approximate surface area is 112 Å². The standard InChI is InChI=1S/C14H19N3O2/c1-10(11-7-13(18)9-14(19)8-11)15-5-3-12-4-6-16-17(12)2/h4,6-10,15,18-19H,3,5H2,1-2H3. The molecule has 1 heterocycles. The maximum Gasteiger partial charge on any atom is 0.119 e. The monoisotopic (exact) mass is 261 g/mol. The number of nitrogens with zero attached hydrogens (tertiary/aromatic N) is 2. The summed E-state index contributed by atoms with van der Waals surface area (Å²) >= 11 is 0. The number of aromatic nitrogens is 2. The van der Waals surface area contributed by atoms with Gasteiger partial charge in [0.15, 0.2) is 0 Å². The highest BCUT2D eigenvalue weighted by molar-refractivity contribution is 5.37. The second-order valence-corrected chi connectivity index (χ2v) is 4.65. The molecule has 0 aliphatic heterocycles. The fraction of sp³-hybridized carbons (Fsp3) is 0.357. The molecule has 0 saturated heterocycles. The van der Waals surface area contributed by atoms with Crippen LogP contribution in [0.25, 0.3) is 0 Å². The van der Waals surface area contributed by atoms with Crippen molar-refractivity contribution in [3.05, 3.63) is 41.7 Å². The molecule has 1 aromatic heterocycles. The van der Waals surface area contributed by atoms with Crippen molar-refractivity contribution in [2.45, 2.75) is 19.4 Å². The first kappa shape index (κ1) is 13.4. The highest BCUT2D eigenvalue weighted by Gasteiger charge is 2.08. The number of benzene rings is 1. The fourth-order valence-corrected chi connectivity index (χ4v) is 2.05. The number of aromatic hydroxyl groups is 2. The zero-order valence-corrected chi connectivity index (χ0v) is 11.2. The van der Waals surface area contributed by atoms with Gasteiger partial charge < -0.3 is 15.5 Å². The van der Waals surface area contributed by atoms with E-state index in [1.54, 1.807) is 18.3 Å². The molecule has 2 aromatic rings. The molecule has 0 saturated carbocycles. The van der Waals surface area contributed by atoms with Gasteiger partial charge in [-0.3, -0.25) is 4.68 Å². The van der Waals surface area contributed by atoms with Crippen molar-refractivity contribution in [3.63, 3.8) is 0 Å². The van der Waals surface area contributed by atoms with Crippen LogP contribution >= 0.6 is 0 Å². The Kier molecular flexibility index (Phi) is 4.06. The summed E-state index contributed by atoms with van der Waals surface area (Å²) in [7, 11) is 1.92. The lowest BCUT2D eigenvalue weighted by Gasteiger charge is -2.15. The first-order valence-electron chi connectivity index (χ1n) is 6.29. The Morgan fingerprint density at radius 1 is 1.26 bits per heavy atom. The van der Waals surface area contributed by atoms with Gasteiger partial charge in [0.1, 0.15) is 11.5 Å². The zero-order valence-electron chi connectivity index (χ0n) is 11.2. The molecule has 102 valence electrons. The van der Waals surface area contributed by atoms with E-state index in [1.807, 2.05) is 24.7 Å². The smallest absolute Gasteiger partial charge is 0.119 e. The van der Waals surface area contributed by atoms with E-state index in [9.17, 15) is 10.2 Å². The van der Waals surface area contributed by atoms with Crippen LogP contribution in [0.2, 0.25) is 0 Å². The minimum atomic E-state index is 0.0613. The van der Waals surface area contributed by atoms with Crippen molar-refractivity contribution in [1.82, 2.24) is 15.1 Å². The largest absolute Gasteiger partial charge is 0.508 e. The molecule has 0 aliphatic carbocycles. The van der Waals surface area contributed by atoms with E-state index >= 15 is 0 Å². The molecule has 0 amide bonds. The van der Waals surface area contributed by atoms with Crippen LogP contribution in [0.3, 0.4) is 0 Å². The van der Waals surface area contributed by atoms with Crippen molar-refractivity contribution >= 4 is 0 Å². The highest BCUT2D eigenvalue weighted by atomic mass is 16.3. The van der Waals surface area contributed by atoms with Crippen molar-refractivity contribution < 1.29 is 10.2 Å². The Morgan fingerprint density at radius 2 is 1.95 bits per heavy atom. The topological polar surface area (TPSA) is 70.3 Å². The Morgan fingerprint density at radius 3 is 2.53 bits per heavy atom. The molecule has 0 bridgehead atoms. The van der Waals surface area contributed by atoms with Crippen molar-refractivity contribution in [1.29, 1.82) is 0 Å². The summed E-state index contributed by atoms with van der Waals surface area (Å²) < 4.78 is 1.85. The number of aryl methyl sites for hydroxylation is 1. The van der Waals surface area contributed by atoms with E-state index in [-0.39, 0.29) is 17.5 Å².